The van der Waals surface area contributed by atoms with Crippen LogP contribution in [-0.4, -0.2) is 13.1 Å². The Hall–Kier alpha value is -2.23. The number of carbonyl (C=O) groups excluding carboxylic acids is 1. The van der Waals surface area contributed by atoms with Gasteiger partial charge in [0.05, 0.1) is 12.7 Å². The highest BCUT2D eigenvalue weighted by molar-refractivity contribution is 5.89. The summed E-state index contributed by atoms with van der Waals surface area (Å²) in [6.45, 7) is 6.75. The molecule has 0 fully saturated rings. The van der Waals surface area contributed by atoms with Crippen LogP contribution in [-0.2, 0) is 10.7 Å². The monoisotopic (exact) mass is 264 g/mol. The van der Waals surface area contributed by atoms with Crippen molar-refractivity contribution in [1.82, 2.24) is 0 Å². The summed E-state index contributed by atoms with van der Waals surface area (Å²) in [5, 5.41) is 0. The standard InChI is InChI=1S/C15H14F2O2/c1-4-6-12(5-2)15(16,17)13-9-7-11(8-10-13)14(18)19-3/h4-10H,1-2H2,3H3/b12-6+. The molecule has 0 amide bonds. The highest BCUT2D eigenvalue weighted by atomic mass is 19.3. The second-order valence-electron chi connectivity index (χ2n) is 3.71. The molecule has 0 N–H and O–H groups in total. The third-order valence-electron chi connectivity index (χ3n) is 2.55. The minimum atomic E-state index is -3.19. The summed E-state index contributed by atoms with van der Waals surface area (Å²) in [5.41, 5.74) is -0.267. The number of halogens is 2. The SMILES string of the molecule is C=C/C=C(\C=C)C(F)(F)c1ccc(C(=O)OC)cc1. The Labute approximate surface area is 110 Å². The summed E-state index contributed by atoms with van der Waals surface area (Å²) >= 11 is 0. The maximum Gasteiger partial charge on any atom is 0.337 e. The van der Waals surface area contributed by atoms with E-state index >= 15 is 0 Å². The van der Waals surface area contributed by atoms with E-state index in [0.29, 0.717) is 0 Å². The molecule has 2 nitrogen and oxygen atoms in total. The molecule has 0 spiro atoms. The van der Waals surface area contributed by atoms with Gasteiger partial charge in [-0.05, 0) is 12.1 Å². The minimum Gasteiger partial charge on any atom is -0.465 e. The number of allylic oxidation sites excluding steroid dienone is 4. The average Bonchev–Trinajstić information content (AvgIpc) is 2.43. The quantitative estimate of drug-likeness (QED) is 0.596. The van der Waals surface area contributed by atoms with Crippen molar-refractivity contribution in [2.24, 2.45) is 0 Å². The molecule has 0 saturated carbocycles. The van der Waals surface area contributed by atoms with Crippen molar-refractivity contribution < 1.29 is 18.3 Å². The topological polar surface area (TPSA) is 26.3 Å². The molecule has 0 heterocycles. The third kappa shape index (κ3) is 3.16. The molecule has 19 heavy (non-hydrogen) atoms. The summed E-state index contributed by atoms with van der Waals surface area (Å²) in [5.74, 6) is -3.76. The molecule has 0 radical (unpaired) electrons. The Morgan fingerprint density at radius 3 is 2.26 bits per heavy atom. The molecule has 4 heteroatoms. The second kappa shape index (κ2) is 6.09. The fraction of sp³-hybridized carbons (Fsp3) is 0.133. The Bertz CT molecular complexity index is 513. The van der Waals surface area contributed by atoms with Crippen molar-refractivity contribution in [3.63, 3.8) is 0 Å². The van der Waals surface area contributed by atoms with Gasteiger partial charge in [-0.1, -0.05) is 43.5 Å². The molecule has 1 aromatic carbocycles. The van der Waals surface area contributed by atoms with Crippen LogP contribution in [0.4, 0.5) is 8.78 Å². The van der Waals surface area contributed by atoms with Crippen LogP contribution in [0.2, 0.25) is 0 Å². The second-order valence-corrected chi connectivity index (χ2v) is 3.71. The Balaban J connectivity index is 3.15. The van der Waals surface area contributed by atoms with Crippen LogP contribution in [0.5, 0.6) is 0 Å². The van der Waals surface area contributed by atoms with E-state index in [1.54, 1.807) is 0 Å². The van der Waals surface area contributed by atoms with Gasteiger partial charge in [0.2, 0.25) is 0 Å². The molecule has 0 saturated heterocycles. The van der Waals surface area contributed by atoms with Gasteiger partial charge in [-0.3, -0.25) is 0 Å². The highest BCUT2D eigenvalue weighted by Gasteiger charge is 2.34. The molecule has 1 rings (SSSR count). The van der Waals surface area contributed by atoms with Crippen LogP contribution < -0.4 is 0 Å². The lowest BCUT2D eigenvalue weighted by Gasteiger charge is -2.18. The molecule has 0 aliphatic rings. The van der Waals surface area contributed by atoms with Gasteiger partial charge in [-0.2, -0.15) is 8.78 Å². The van der Waals surface area contributed by atoms with E-state index in [1.165, 1.54) is 43.5 Å². The zero-order valence-corrected chi connectivity index (χ0v) is 10.5. The van der Waals surface area contributed by atoms with Gasteiger partial charge in [0.1, 0.15) is 0 Å². The van der Waals surface area contributed by atoms with Crippen LogP contribution in [0.15, 0.2) is 61.2 Å². The number of alkyl halides is 2. The number of hydrogen-bond acceptors (Lipinski definition) is 2. The predicted octanol–water partition coefficient (Wildman–Crippen LogP) is 3.86. The summed E-state index contributed by atoms with van der Waals surface area (Å²) in [7, 11) is 1.23. The van der Waals surface area contributed by atoms with Crippen LogP contribution in [0, 0.1) is 0 Å². The minimum absolute atomic E-state index is 0.218. The first-order valence-electron chi connectivity index (χ1n) is 5.49. The third-order valence-corrected chi connectivity index (χ3v) is 2.55. The number of ether oxygens (including phenoxy) is 1. The zero-order valence-electron chi connectivity index (χ0n) is 10.5. The molecular formula is C15H14F2O2. The first kappa shape index (κ1) is 14.8. The van der Waals surface area contributed by atoms with Crippen LogP contribution in [0.3, 0.4) is 0 Å². The van der Waals surface area contributed by atoms with Crippen molar-refractivity contribution in [3.05, 3.63) is 72.4 Å². The molecule has 0 aliphatic carbocycles. The lowest BCUT2D eigenvalue weighted by atomic mass is 9.99. The van der Waals surface area contributed by atoms with E-state index < -0.39 is 11.9 Å². The normalized spacial score (nSPS) is 11.8. The van der Waals surface area contributed by atoms with Crippen molar-refractivity contribution in [2.45, 2.75) is 5.92 Å². The maximum absolute atomic E-state index is 14.1. The average molecular weight is 264 g/mol. The van der Waals surface area contributed by atoms with E-state index in [-0.39, 0.29) is 16.7 Å². The first-order valence-corrected chi connectivity index (χ1v) is 5.49. The predicted molar refractivity (Wildman–Crippen MR) is 70.2 cm³/mol. The Morgan fingerprint density at radius 2 is 1.84 bits per heavy atom. The Morgan fingerprint density at radius 1 is 1.26 bits per heavy atom. The van der Waals surface area contributed by atoms with Crippen LogP contribution in [0.1, 0.15) is 15.9 Å². The fourth-order valence-electron chi connectivity index (χ4n) is 1.53. The molecule has 0 bridgehead atoms. The molecule has 0 aliphatic heterocycles. The largest absolute Gasteiger partial charge is 0.465 e. The number of rotatable bonds is 5. The van der Waals surface area contributed by atoms with Crippen molar-refractivity contribution >= 4 is 5.97 Å². The number of hydrogen-bond donors (Lipinski definition) is 0. The van der Waals surface area contributed by atoms with Gasteiger partial charge in [-0.25, -0.2) is 4.79 Å². The summed E-state index contributed by atoms with van der Waals surface area (Å²) in [6.07, 6.45) is 3.55. The number of carbonyl (C=O) groups is 1. The van der Waals surface area contributed by atoms with E-state index in [2.05, 4.69) is 17.9 Å². The van der Waals surface area contributed by atoms with Gasteiger partial charge in [0, 0.05) is 11.1 Å². The molecule has 0 atom stereocenters. The van der Waals surface area contributed by atoms with Crippen LogP contribution >= 0.6 is 0 Å². The molecule has 100 valence electrons. The van der Waals surface area contributed by atoms with E-state index in [1.807, 2.05) is 0 Å². The summed E-state index contributed by atoms with van der Waals surface area (Å²) < 4.78 is 32.7. The summed E-state index contributed by atoms with van der Waals surface area (Å²) in [6, 6.07) is 4.97. The van der Waals surface area contributed by atoms with E-state index in [9.17, 15) is 13.6 Å². The maximum atomic E-state index is 14.1. The fourth-order valence-corrected chi connectivity index (χ4v) is 1.53. The van der Waals surface area contributed by atoms with Crippen molar-refractivity contribution in [3.8, 4) is 0 Å². The van der Waals surface area contributed by atoms with Crippen molar-refractivity contribution in [1.29, 1.82) is 0 Å². The van der Waals surface area contributed by atoms with Crippen molar-refractivity contribution in [2.75, 3.05) is 7.11 Å². The lowest BCUT2D eigenvalue weighted by Crippen LogP contribution is -2.16. The molecule has 0 unspecified atom stereocenters. The van der Waals surface area contributed by atoms with E-state index in [4.69, 9.17) is 0 Å². The van der Waals surface area contributed by atoms with Gasteiger partial charge < -0.3 is 4.74 Å². The highest BCUT2D eigenvalue weighted by Crippen LogP contribution is 2.36. The molecule has 1 aromatic rings. The van der Waals surface area contributed by atoms with E-state index in [0.717, 1.165) is 6.08 Å². The number of methoxy groups -OCH3 is 1. The lowest BCUT2D eigenvalue weighted by molar-refractivity contribution is 0.0418. The van der Waals surface area contributed by atoms with Gasteiger partial charge >= 0.3 is 5.97 Å². The van der Waals surface area contributed by atoms with Gasteiger partial charge in [0.25, 0.3) is 5.92 Å². The molecule has 0 aromatic heterocycles. The van der Waals surface area contributed by atoms with Gasteiger partial charge in [-0.15, -0.1) is 0 Å². The van der Waals surface area contributed by atoms with Crippen LogP contribution in [0.25, 0.3) is 0 Å². The number of esters is 1. The number of benzene rings is 1. The smallest absolute Gasteiger partial charge is 0.337 e. The first-order chi connectivity index (χ1) is 8.97. The molecular weight excluding hydrogens is 250 g/mol. The Kier molecular flexibility index (Phi) is 4.75. The summed E-state index contributed by atoms with van der Waals surface area (Å²) in [4.78, 5) is 11.2. The van der Waals surface area contributed by atoms with Gasteiger partial charge in [0.15, 0.2) is 0 Å². The zero-order chi connectivity index (χ0) is 14.5.